The zero-order chi connectivity index (χ0) is 9.52. The lowest BCUT2D eigenvalue weighted by Gasteiger charge is -1.99. The summed E-state index contributed by atoms with van der Waals surface area (Å²) in [4.78, 5) is 4.21. The summed E-state index contributed by atoms with van der Waals surface area (Å²) in [5, 5.41) is 1.78. The van der Waals surface area contributed by atoms with Gasteiger partial charge < -0.3 is 0 Å². The first kappa shape index (κ1) is 10.9. The molecule has 1 heterocycles. The summed E-state index contributed by atoms with van der Waals surface area (Å²) in [7, 11) is 0. The molecule has 0 saturated heterocycles. The molecule has 3 heteroatoms. The molecule has 0 unspecified atom stereocenters. The summed E-state index contributed by atoms with van der Waals surface area (Å²) in [5.41, 5.74) is 0. The summed E-state index contributed by atoms with van der Waals surface area (Å²) < 4.78 is 0. The van der Waals surface area contributed by atoms with Crippen LogP contribution in [0.2, 0.25) is 5.02 Å². The third-order valence-corrected chi connectivity index (χ3v) is 2.95. The smallest absolute Gasteiger partial charge is 0.0960 e. The fourth-order valence-corrected chi connectivity index (χ4v) is 1.94. The van der Waals surface area contributed by atoms with Gasteiger partial charge in [0, 0.05) is 6.20 Å². The van der Waals surface area contributed by atoms with Crippen LogP contribution in [0.4, 0.5) is 0 Å². The maximum Gasteiger partial charge on any atom is 0.0960 e. The standard InChI is InChI=1S/C10H14ClNS/c1-2-3-4-7-13-10-6-5-9(11)8-12-10/h5-6,8H,2-4,7H2,1H3. The van der Waals surface area contributed by atoms with E-state index in [4.69, 9.17) is 11.6 Å². The zero-order valence-electron chi connectivity index (χ0n) is 7.79. The van der Waals surface area contributed by atoms with Gasteiger partial charge in [-0.2, -0.15) is 0 Å². The minimum Gasteiger partial charge on any atom is -0.248 e. The number of aromatic nitrogens is 1. The number of pyridine rings is 1. The first-order valence-corrected chi connectivity index (χ1v) is 5.93. The predicted molar refractivity (Wildman–Crippen MR) is 59.5 cm³/mol. The molecule has 0 radical (unpaired) electrons. The highest BCUT2D eigenvalue weighted by Gasteiger charge is 1.94. The number of unbranched alkanes of at least 4 members (excludes halogenated alkanes) is 2. The molecule has 0 saturated carbocycles. The molecule has 0 bridgehead atoms. The Bertz CT molecular complexity index is 235. The fourth-order valence-electron chi connectivity index (χ4n) is 0.976. The van der Waals surface area contributed by atoms with Crippen LogP contribution >= 0.6 is 23.4 Å². The van der Waals surface area contributed by atoms with E-state index in [0.717, 1.165) is 10.8 Å². The van der Waals surface area contributed by atoms with E-state index in [1.165, 1.54) is 19.3 Å². The van der Waals surface area contributed by atoms with Crippen LogP contribution in [0.1, 0.15) is 26.2 Å². The van der Waals surface area contributed by atoms with Crippen LogP contribution in [0.3, 0.4) is 0 Å². The van der Waals surface area contributed by atoms with Gasteiger partial charge >= 0.3 is 0 Å². The van der Waals surface area contributed by atoms with Crippen LogP contribution in [0.25, 0.3) is 0 Å². The minimum atomic E-state index is 0.706. The van der Waals surface area contributed by atoms with Crippen molar-refractivity contribution in [1.82, 2.24) is 4.98 Å². The van der Waals surface area contributed by atoms with E-state index in [1.807, 2.05) is 12.1 Å². The van der Waals surface area contributed by atoms with E-state index in [9.17, 15) is 0 Å². The third-order valence-electron chi connectivity index (χ3n) is 1.70. The van der Waals surface area contributed by atoms with Crippen LogP contribution in [0.15, 0.2) is 23.4 Å². The average molecular weight is 216 g/mol. The average Bonchev–Trinajstić information content (AvgIpc) is 2.15. The topological polar surface area (TPSA) is 12.9 Å². The Hall–Kier alpha value is -0.210. The van der Waals surface area contributed by atoms with Crippen LogP contribution in [0, 0.1) is 0 Å². The second kappa shape index (κ2) is 6.28. The van der Waals surface area contributed by atoms with Gasteiger partial charge in [-0.25, -0.2) is 4.98 Å². The lowest BCUT2D eigenvalue weighted by Crippen LogP contribution is -1.82. The normalized spacial score (nSPS) is 10.3. The summed E-state index contributed by atoms with van der Waals surface area (Å²) in [6.45, 7) is 2.21. The van der Waals surface area contributed by atoms with Crippen molar-refractivity contribution < 1.29 is 0 Å². The van der Waals surface area contributed by atoms with Crippen molar-refractivity contribution in [2.24, 2.45) is 0 Å². The number of thioether (sulfide) groups is 1. The van der Waals surface area contributed by atoms with Gasteiger partial charge in [0.25, 0.3) is 0 Å². The highest BCUT2D eigenvalue weighted by Crippen LogP contribution is 2.18. The van der Waals surface area contributed by atoms with Crippen LogP contribution in [0.5, 0.6) is 0 Å². The van der Waals surface area contributed by atoms with E-state index in [0.29, 0.717) is 5.02 Å². The molecule has 13 heavy (non-hydrogen) atoms. The highest BCUT2D eigenvalue weighted by atomic mass is 35.5. The summed E-state index contributed by atoms with van der Waals surface area (Å²) in [6, 6.07) is 3.86. The Balaban J connectivity index is 2.25. The van der Waals surface area contributed by atoms with Gasteiger partial charge in [-0.1, -0.05) is 31.4 Å². The van der Waals surface area contributed by atoms with Crippen molar-refractivity contribution in [3.63, 3.8) is 0 Å². The number of rotatable bonds is 5. The van der Waals surface area contributed by atoms with Crippen LogP contribution in [-0.2, 0) is 0 Å². The largest absolute Gasteiger partial charge is 0.248 e. The van der Waals surface area contributed by atoms with E-state index in [2.05, 4.69) is 11.9 Å². The molecule has 0 fully saturated rings. The Labute approximate surface area is 88.9 Å². The monoisotopic (exact) mass is 215 g/mol. The van der Waals surface area contributed by atoms with Crippen molar-refractivity contribution in [1.29, 1.82) is 0 Å². The van der Waals surface area contributed by atoms with Gasteiger partial charge in [0.1, 0.15) is 0 Å². The molecule has 0 atom stereocenters. The molecule has 1 nitrogen and oxygen atoms in total. The van der Waals surface area contributed by atoms with Crippen LogP contribution in [-0.4, -0.2) is 10.7 Å². The molecule has 0 aromatic carbocycles. The molecular formula is C10H14ClNS. The Morgan fingerprint density at radius 2 is 2.23 bits per heavy atom. The predicted octanol–water partition coefficient (Wildman–Crippen LogP) is 4.02. The Morgan fingerprint density at radius 1 is 1.38 bits per heavy atom. The summed E-state index contributed by atoms with van der Waals surface area (Å²) in [6.07, 6.45) is 5.55. The van der Waals surface area contributed by atoms with Crippen molar-refractivity contribution in [2.75, 3.05) is 5.75 Å². The van der Waals surface area contributed by atoms with Crippen molar-refractivity contribution >= 4 is 23.4 Å². The summed E-state index contributed by atoms with van der Waals surface area (Å²) in [5.74, 6) is 1.16. The lowest BCUT2D eigenvalue weighted by atomic mass is 10.3. The second-order valence-corrected chi connectivity index (χ2v) is 4.42. The molecule has 0 aliphatic rings. The maximum absolute atomic E-state index is 5.72. The van der Waals surface area contributed by atoms with E-state index in [1.54, 1.807) is 18.0 Å². The van der Waals surface area contributed by atoms with Gasteiger partial charge in [0.05, 0.1) is 10.0 Å². The van der Waals surface area contributed by atoms with Gasteiger partial charge in [-0.05, 0) is 24.3 Å². The fraction of sp³-hybridized carbons (Fsp3) is 0.500. The molecule has 0 spiro atoms. The first-order valence-electron chi connectivity index (χ1n) is 4.57. The quantitative estimate of drug-likeness (QED) is 0.544. The number of nitrogens with zero attached hydrogens (tertiary/aromatic N) is 1. The van der Waals surface area contributed by atoms with Crippen molar-refractivity contribution in [2.45, 2.75) is 31.2 Å². The second-order valence-electron chi connectivity index (χ2n) is 2.87. The highest BCUT2D eigenvalue weighted by molar-refractivity contribution is 7.99. The molecule has 0 N–H and O–H groups in total. The minimum absolute atomic E-state index is 0.706. The lowest BCUT2D eigenvalue weighted by molar-refractivity contribution is 0.778. The molecule has 1 rings (SSSR count). The van der Waals surface area contributed by atoms with E-state index in [-0.39, 0.29) is 0 Å². The number of hydrogen-bond acceptors (Lipinski definition) is 2. The van der Waals surface area contributed by atoms with E-state index < -0.39 is 0 Å². The van der Waals surface area contributed by atoms with Gasteiger partial charge in [0.15, 0.2) is 0 Å². The SMILES string of the molecule is CCCCCSc1ccc(Cl)cn1. The number of hydrogen-bond donors (Lipinski definition) is 0. The molecule has 72 valence electrons. The van der Waals surface area contributed by atoms with Crippen molar-refractivity contribution in [3.05, 3.63) is 23.4 Å². The van der Waals surface area contributed by atoms with Gasteiger partial charge in [0.2, 0.25) is 0 Å². The third kappa shape index (κ3) is 4.53. The molecule has 1 aromatic rings. The Kier molecular flexibility index (Phi) is 5.25. The molecular weight excluding hydrogens is 202 g/mol. The first-order chi connectivity index (χ1) is 6.33. The molecule has 1 aromatic heterocycles. The van der Waals surface area contributed by atoms with Crippen molar-refractivity contribution in [3.8, 4) is 0 Å². The van der Waals surface area contributed by atoms with E-state index >= 15 is 0 Å². The maximum atomic E-state index is 5.72. The molecule has 0 aliphatic carbocycles. The van der Waals surface area contributed by atoms with Gasteiger partial charge in [-0.15, -0.1) is 11.8 Å². The Morgan fingerprint density at radius 3 is 2.85 bits per heavy atom. The zero-order valence-corrected chi connectivity index (χ0v) is 9.37. The summed E-state index contributed by atoms with van der Waals surface area (Å²) >= 11 is 7.52. The molecule has 0 aliphatic heterocycles. The van der Waals surface area contributed by atoms with Gasteiger partial charge in [-0.3, -0.25) is 0 Å². The van der Waals surface area contributed by atoms with Crippen LogP contribution < -0.4 is 0 Å². The number of halogens is 1. The molecule has 0 amide bonds.